The zero-order valence-corrected chi connectivity index (χ0v) is 26.3. The van der Waals surface area contributed by atoms with E-state index in [1.54, 1.807) is 0 Å². The first kappa shape index (κ1) is 27.5. The van der Waals surface area contributed by atoms with Gasteiger partial charge in [0.1, 0.15) is 11.2 Å². The van der Waals surface area contributed by atoms with E-state index in [2.05, 4.69) is 133 Å². The Morgan fingerprint density at radius 2 is 1.00 bits per heavy atom. The van der Waals surface area contributed by atoms with Crippen molar-refractivity contribution in [1.29, 1.82) is 0 Å². The molecule has 10 aromatic rings. The van der Waals surface area contributed by atoms with Gasteiger partial charge < -0.3 is 4.42 Å². The van der Waals surface area contributed by atoms with E-state index in [4.69, 9.17) is 19.4 Å². The highest BCUT2D eigenvalue weighted by Crippen LogP contribution is 2.43. The van der Waals surface area contributed by atoms with Crippen molar-refractivity contribution in [2.24, 2.45) is 0 Å². The summed E-state index contributed by atoms with van der Waals surface area (Å²) >= 11 is 0. The molecule has 8 aromatic carbocycles. The van der Waals surface area contributed by atoms with Crippen molar-refractivity contribution in [3.8, 4) is 45.3 Å². The van der Waals surface area contributed by atoms with Gasteiger partial charge >= 0.3 is 0 Å². The Hall–Kier alpha value is -6.65. The first-order valence-electron chi connectivity index (χ1n) is 16.4. The quantitative estimate of drug-likeness (QED) is 0.183. The molecule has 0 unspecified atom stereocenters. The van der Waals surface area contributed by atoms with Crippen LogP contribution >= 0.6 is 0 Å². The lowest BCUT2D eigenvalue weighted by molar-refractivity contribution is 0.669. The molecule has 0 saturated heterocycles. The molecular formula is C45H27N3O. The summed E-state index contributed by atoms with van der Waals surface area (Å²) in [6, 6.07) is 56.9. The second-order valence-corrected chi connectivity index (χ2v) is 12.4. The van der Waals surface area contributed by atoms with Crippen LogP contribution in [-0.2, 0) is 0 Å². The number of benzene rings is 8. The summed E-state index contributed by atoms with van der Waals surface area (Å²) in [6.07, 6.45) is 0. The normalized spacial score (nSPS) is 11.7. The van der Waals surface area contributed by atoms with Crippen molar-refractivity contribution in [3.63, 3.8) is 0 Å². The summed E-state index contributed by atoms with van der Waals surface area (Å²) < 4.78 is 6.44. The van der Waals surface area contributed by atoms with Crippen LogP contribution in [0.25, 0.3) is 99.5 Å². The summed E-state index contributed by atoms with van der Waals surface area (Å²) in [7, 11) is 0. The van der Waals surface area contributed by atoms with E-state index in [1.165, 1.54) is 21.5 Å². The Kier molecular flexibility index (Phi) is 6.15. The van der Waals surface area contributed by atoms with Crippen molar-refractivity contribution >= 4 is 54.3 Å². The fraction of sp³-hybridized carbons (Fsp3) is 0. The number of furan rings is 1. The van der Waals surface area contributed by atoms with E-state index in [9.17, 15) is 0 Å². The van der Waals surface area contributed by atoms with Gasteiger partial charge in [-0.3, -0.25) is 0 Å². The second kappa shape index (κ2) is 11.0. The molecule has 0 N–H and O–H groups in total. The maximum atomic E-state index is 6.44. The number of rotatable bonds is 4. The number of fused-ring (bicyclic) bond motifs is 7. The monoisotopic (exact) mass is 625 g/mol. The van der Waals surface area contributed by atoms with Gasteiger partial charge in [-0.05, 0) is 73.8 Å². The maximum Gasteiger partial charge on any atom is 0.165 e. The summed E-state index contributed by atoms with van der Waals surface area (Å²) in [5.41, 5.74) is 6.54. The molecule has 0 bridgehead atoms. The van der Waals surface area contributed by atoms with Crippen molar-refractivity contribution in [2.75, 3.05) is 0 Å². The highest BCUT2D eigenvalue weighted by Gasteiger charge is 2.23. The van der Waals surface area contributed by atoms with Crippen molar-refractivity contribution < 1.29 is 4.42 Å². The molecule has 0 spiro atoms. The van der Waals surface area contributed by atoms with Crippen LogP contribution in [0.15, 0.2) is 168 Å². The summed E-state index contributed by atoms with van der Waals surface area (Å²) in [5.74, 6) is 1.84. The molecule has 0 aliphatic carbocycles. The fourth-order valence-corrected chi connectivity index (χ4v) is 7.21. The van der Waals surface area contributed by atoms with E-state index in [0.717, 1.165) is 60.5 Å². The zero-order valence-electron chi connectivity index (χ0n) is 26.3. The smallest absolute Gasteiger partial charge is 0.165 e. The van der Waals surface area contributed by atoms with Crippen LogP contribution in [-0.4, -0.2) is 15.0 Å². The fourth-order valence-electron chi connectivity index (χ4n) is 7.21. The van der Waals surface area contributed by atoms with Gasteiger partial charge in [0.15, 0.2) is 17.5 Å². The van der Waals surface area contributed by atoms with Crippen molar-refractivity contribution in [1.82, 2.24) is 15.0 Å². The van der Waals surface area contributed by atoms with Crippen molar-refractivity contribution in [3.05, 3.63) is 164 Å². The number of nitrogens with zero attached hydrogens (tertiary/aromatic N) is 3. The topological polar surface area (TPSA) is 51.8 Å². The Bertz CT molecular complexity index is 2890. The number of aromatic nitrogens is 3. The zero-order chi connectivity index (χ0) is 32.3. The molecule has 0 radical (unpaired) electrons. The minimum Gasteiger partial charge on any atom is -0.456 e. The van der Waals surface area contributed by atoms with Gasteiger partial charge in [-0.1, -0.05) is 133 Å². The van der Waals surface area contributed by atoms with Crippen LogP contribution in [0, 0.1) is 0 Å². The Balaban J connectivity index is 1.33. The molecule has 4 nitrogen and oxygen atoms in total. The minimum absolute atomic E-state index is 0.599. The molecule has 49 heavy (non-hydrogen) atoms. The Morgan fingerprint density at radius 1 is 0.347 bits per heavy atom. The highest BCUT2D eigenvalue weighted by molar-refractivity contribution is 6.16. The first-order chi connectivity index (χ1) is 24.3. The average molecular weight is 626 g/mol. The molecule has 228 valence electrons. The number of hydrogen-bond acceptors (Lipinski definition) is 4. The van der Waals surface area contributed by atoms with Crippen LogP contribution < -0.4 is 0 Å². The van der Waals surface area contributed by atoms with Gasteiger partial charge in [0.2, 0.25) is 0 Å². The molecule has 0 aliphatic rings. The summed E-state index contributed by atoms with van der Waals surface area (Å²) in [5, 5.41) is 8.98. The van der Waals surface area contributed by atoms with Crippen molar-refractivity contribution in [2.45, 2.75) is 0 Å². The van der Waals surface area contributed by atoms with Gasteiger partial charge in [0.25, 0.3) is 0 Å². The Morgan fingerprint density at radius 3 is 1.86 bits per heavy atom. The Labute approximate surface area is 282 Å². The van der Waals surface area contributed by atoms with E-state index in [1.807, 2.05) is 30.3 Å². The molecular weight excluding hydrogens is 599 g/mol. The van der Waals surface area contributed by atoms with E-state index in [-0.39, 0.29) is 0 Å². The number of hydrogen-bond donors (Lipinski definition) is 0. The third-order valence-electron chi connectivity index (χ3n) is 9.50. The lowest BCUT2D eigenvalue weighted by Crippen LogP contribution is -2.02. The minimum atomic E-state index is 0.599. The third-order valence-corrected chi connectivity index (χ3v) is 9.50. The molecule has 10 rings (SSSR count). The van der Waals surface area contributed by atoms with E-state index >= 15 is 0 Å². The number of para-hydroxylation sites is 1. The van der Waals surface area contributed by atoms with Crippen LogP contribution in [0.2, 0.25) is 0 Å². The van der Waals surface area contributed by atoms with Crippen LogP contribution in [0.1, 0.15) is 0 Å². The lowest BCUT2D eigenvalue weighted by Gasteiger charge is -2.15. The highest BCUT2D eigenvalue weighted by atomic mass is 16.3. The van der Waals surface area contributed by atoms with Gasteiger partial charge in [-0.25, -0.2) is 15.0 Å². The average Bonchev–Trinajstić information content (AvgIpc) is 3.56. The van der Waals surface area contributed by atoms with Gasteiger partial charge in [0.05, 0.1) is 0 Å². The largest absolute Gasteiger partial charge is 0.456 e. The summed E-state index contributed by atoms with van der Waals surface area (Å²) in [4.78, 5) is 15.8. The molecule has 0 atom stereocenters. The molecule has 2 heterocycles. The van der Waals surface area contributed by atoms with E-state index < -0.39 is 0 Å². The molecule has 0 fully saturated rings. The molecule has 2 aromatic heterocycles. The van der Waals surface area contributed by atoms with Crippen LogP contribution in [0.5, 0.6) is 0 Å². The molecule has 0 aliphatic heterocycles. The predicted octanol–water partition coefficient (Wildman–Crippen LogP) is 11.9. The standard InChI is InChI=1S/C45H27N3O/c1-2-13-29(14-3-1)43-46-44(38-27-31-16-6-7-17-33(31)35-18-8-9-19-36(35)38)48-45(47-43)42-34(32-23-22-28-12-4-5-15-30(28)26-32)24-25-40-41(42)37-20-10-11-21-39(37)49-40/h1-27H. The lowest BCUT2D eigenvalue weighted by atomic mass is 9.93. The molecule has 4 heteroatoms. The van der Waals surface area contributed by atoms with Crippen LogP contribution in [0.4, 0.5) is 0 Å². The molecule has 0 saturated carbocycles. The predicted molar refractivity (Wildman–Crippen MR) is 201 cm³/mol. The first-order valence-corrected chi connectivity index (χ1v) is 16.4. The maximum absolute atomic E-state index is 6.44. The second-order valence-electron chi connectivity index (χ2n) is 12.4. The summed E-state index contributed by atoms with van der Waals surface area (Å²) in [6.45, 7) is 0. The SMILES string of the molecule is c1ccc(-c2nc(-c3cc4ccccc4c4ccccc34)nc(-c3c(-c4ccc5ccccc5c4)ccc4oc5ccccc5c34)n2)cc1. The van der Waals surface area contributed by atoms with E-state index in [0.29, 0.717) is 17.5 Å². The van der Waals surface area contributed by atoms with Gasteiger partial charge in [0, 0.05) is 27.5 Å². The molecule has 0 amide bonds. The van der Waals surface area contributed by atoms with Gasteiger partial charge in [-0.2, -0.15) is 0 Å². The van der Waals surface area contributed by atoms with Crippen LogP contribution in [0.3, 0.4) is 0 Å². The third kappa shape index (κ3) is 4.49. The van der Waals surface area contributed by atoms with Gasteiger partial charge in [-0.15, -0.1) is 0 Å².